The van der Waals surface area contributed by atoms with Crippen LogP contribution in [0.5, 0.6) is 11.6 Å². The van der Waals surface area contributed by atoms with E-state index in [1.807, 2.05) is 0 Å². The first-order valence-electron chi connectivity index (χ1n) is 4.69. The Morgan fingerprint density at radius 2 is 1.79 bits per heavy atom. The Hall–Kier alpha value is -1.71. The molecule has 0 radical (unpaired) electrons. The van der Waals surface area contributed by atoms with Gasteiger partial charge in [0.25, 0.3) is 0 Å². The van der Waals surface area contributed by atoms with E-state index in [0.717, 1.165) is 7.11 Å². The van der Waals surface area contributed by atoms with Gasteiger partial charge in [-0.2, -0.15) is 13.2 Å². The molecule has 0 aliphatic carbocycles. The zero-order valence-electron chi connectivity index (χ0n) is 9.39. The van der Waals surface area contributed by atoms with Gasteiger partial charge in [-0.1, -0.05) is 0 Å². The van der Waals surface area contributed by atoms with Crippen LogP contribution in [-0.2, 0) is 12.7 Å². The number of nitrogens with two attached hydrogens (primary N) is 1. The highest BCUT2D eigenvalue weighted by Gasteiger charge is 2.41. The molecule has 0 fully saturated rings. The van der Waals surface area contributed by atoms with Crippen molar-refractivity contribution in [1.82, 2.24) is 4.98 Å². The highest BCUT2D eigenvalue weighted by atomic mass is 19.4. The zero-order valence-corrected chi connectivity index (χ0v) is 9.39. The first-order valence-corrected chi connectivity index (χ1v) is 4.69. The summed E-state index contributed by atoms with van der Waals surface area (Å²) in [5.41, 5.74) is 3.18. The van der Waals surface area contributed by atoms with Crippen LogP contribution in [0.3, 0.4) is 0 Å². The van der Waals surface area contributed by atoms with Crippen LogP contribution >= 0.6 is 0 Å². The molecule has 0 aliphatic heterocycles. The molecule has 0 saturated heterocycles. The number of methoxy groups -OCH3 is 1. The Balaban J connectivity index is 3.41. The minimum atomic E-state index is -5.30. The molecule has 0 unspecified atom stereocenters. The highest BCUT2D eigenvalue weighted by molar-refractivity contribution is 5.40. The van der Waals surface area contributed by atoms with Gasteiger partial charge in [0.1, 0.15) is 11.3 Å². The SMILES string of the molecule is COc1cc(C(F)(F)F)c(OC(F)(F)F)nc1CN. The summed E-state index contributed by atoms with van der Waals surface area (Å²) in [6.07, 6.45) is -10.4. The van der Waals surface area contributed by atoms with Crippen molar-refractivity contribution in [1.29, 1.82) is 0 Å². The number of nitrogens with zero attached hydrogens (tertiary/aromatic N) is 1. The van der Waals surface area contributed by atoms with E-state index in [4.69, 9.17) is 5.73 Å². The van der Waals surface area contributed by atoms with Gasteiger partial charge in [0.2, 0.25) is 5.88 Å². The number of alkyl halides is 6. The number of ether oxygens (including phenoxy) is 2. The van der Waals surface area contributed by atoms with Crippen LogP contribution in [0.25, 0.3) is 0 Å². The van der Waals surface area contributed by atoms with E-state index in [1.54, 1.807) is 0 Å². The monoisotopic (exact) mass is 290 g/mol. The molecular weight excluding hydrogens is 282 g/mol. The normalized spacial score (nSPS) is 12.4. The quantitative estimate of drug-likeness (QED) is 0.869. The van der Waals surface area contributed by atoms with E-state index >= 15 is 0 Å². The molecule has 0 aromatic carbocycles. The van der Waals surface area contributed by atoms with Gasteiger partial charge in [0, 0.05) is 6.54 Å². The van der Waals surface area contributed by atoms with Gasteiger partial charge in [0.15, 0.2) is 0 Å². The predicted molar refractivity (Wildman–Crippen MR) is 50.4 cm³/mol. The van der Waals surface area contributed by atoms with Crippen molar-refractivity contribution in [2.45, 2.75) is 19.1 Å². The Kier molecular flexibility index (Phi) is 4.13. The molecule has 1 aromatic rings. The maximum atomic E-state index is 12.6. The Morgan fingerprint density at radius 3 is 2.16 bits per heavy atom. The molecule has 1 aromatic heterocycles. The van der Waals surface area contributed by atoms with Crippen LogP contribution in [0.4, 0.5) is 26.3 Å². The van der Waals surface area contributed by atoms with Crippen molar-refractivity contribution < 1.29 is 35.8 Å². The second kappa shape index (κ2) is 5.11. The summed E-state index contributed by atoms with van der Waals surface area (Å²) in [4.78, 5) is 3.10. The average molecular weight is 290 g/mol. The van der Waals surface area contributed by atoms with E-state index in [-0.39, 0.29) is 11.4 Å². The lowest BCUT2D eigenvalue weighted by Gasteiger charge is -2.17. The minimum Gasteiger partial charge on any atom is -0.495 e. The van der Waals surface area contributed by atoms with Gasteiger partial charge in [-0.25, -0.2) is 4.98 Å². The summed E-state index contributed by atoms with van der Waals surface area (Å²) in [5, 5.41) is 0. The van der Waals surface area contributed by atoms with Crippen molar-refractivity contribution in [2.24, 2.45) is 5.73 Å². The lowest BCUT2D eigenvalue weighted by atomic mass is 10.2. The van der Waals surface area contributed by atoms with E-state index in [9.17, 15) is 26.3 Å². The molecule has 10 heteroatoms. The Bertz CT molecular complexity index is 457. The number of pyridine rings is 1. The molecule has 4 nitrogen and oxygen atoms in total. The zero-order chi connectivity index (χ0) is 14.8. The Morgan fingerprint density at radius 1 is 1.21 bits per heavy atom. The lowest BCUT2D eigenvalue weighted by molar-refractivity contribution is -0.278. The fourth-order valence-corrected chi connectivity index (χ4v) is 1.23. The van der Waals surface area contributed by atoms with E-state index in [2.05, 4.69) is 14.5 Å². The van der Waals surface area contributed by atoms with E-state index < -0.39 is 30.5 Å². The lowest BCUT2D eigenvalue weighted by Crippen LogP contribution is -2.22. The molecule has 1 rings (SSSR count). The summed E-state index contributed by atoms with van der Waals surface area (Å²) < 4.78 is 81.7. The van der Waals surface area contributed by atoms with Gasteiger partial charge in [0.05, 0.1) is 12.8 Å². The summed E-state index contributed by atoms with van der Waals surface area (Å²) in [6, 6.07) is 0.357. The van der Waals surface area contributed by atoms with Crippen molar-refractivity contribution >= 4 is 0 Å². The molecule has 0 atom stereocenters. The summed E-state index contributed by atoms with van der Waals surface area (Å²) in [5.74, 6) is -1.98. The maximum absolute atomic E-state index is 12.6. The predicted octanol–water partition coefficient (Wildman–Crippen LogP) is 2.47. The van der Waals surface area contributed by atoms with Crippen LogP contribution < -0.4 is 15.2 Å². The second-order valence-corrected chi connectivity index (χ2v) is 3.24. The fourth-order valence-electron chi connectivity index (χ4n) is 1.23. The van der Waals surface area contributed by atoms with Gasteiger partial charge in [-0.05, 0) is 6.07 Å². The van der Waals surface area contributed by atoms with Crippen LogP contribution in [-0.4, -0.2) is 18.5 Å². The largest absolute Gasteiger partial charge is 0.574 e. The standard InChI is InChI=1S/C9H8F6N2O2/c1-18-6-2-4(8(10,11)12)7(17-5(6)3-16)19-9(13,14)15/h2H,3,16H2,1H3. The average Bonchev–Trinajstić information content (AvgIpc) is 2.24. The molecule has 2 N–H and O–H groups in total. The first kappa shape index (κ1) is 15.3. The third-order valence-corrected chi connectivity index (χ3v) is 1.96. The first-order chi connectivity index (χ1) is 8.58. The van der Waals surface area contributed by atoms with Gasteiger partial charge in [-0.15, -0.1) is 13.2 Å². The van der Waals surface area contributed by atoms with Gasteiger partial charge in [-0.3, -0.25) is 0 Å². The van der Waals surface area contributed by atoms with Crippen LogP contribution in [0.1, 0.15) is 11.3 Å². The van der Waals surface area contributed by atoms with E-state index in [1.165, 1.54) is 0 Å². The van der Waals surface area contributed by atoms with Crippen LogP contribution in [0, 0.1) is 0 Å². The smallest absolute Gasteiger partial charge is 0.495 e. The number of hydrogen-bond acceptors (Lipinski definition) is 4. The molecule has 108 valence electrons. The molecule has 0 spiro atoms. The summed E-state index contributed by atoms with van der Waals surface area (Å²) in [6.45, 7) is -0.407. The fraction of sp³-hybridized carbons (Fsp3) is 0.444. The van der Waals surface area contributed by atoms with Crippen molar-refractivity contribution in [3.63, 3.8) is 0 Å². The molecule has 0 aliphatic rings. The minimum absolute atomic E-state index is 0.283. The molecule has 0 saturated carbocycles. The van der Waals surface area contributed by atoms with Crippen molar-refractivity contribution in [3.8, 4) is 11.6 Å². The molecular formula is C9H8F6N2O2. The molecule has 0 bridgehead atoms. The number of aromatic nitrogens is 1. The molecule has 0 amide bonds. The third-order valence-electron chi connectivity index (χ3n) is 1.96. The number of halogens is 6. The Labute approximate surface area is 103 Å². The highest BCUT2D eigenvalue weighted by Crippen LogP contribution is 2.39. The molecule has 1 heterocycles. The second-order valence-electron chi connectivity index (χ2n) is 3.24. The van der Waals surface area contributed by atoms with Crippen LogP contribution in [0.2, 0.25) is 0 Å². The van der Waals surface area contributed by atoms with Gasteiger partial charge >= 0.3 is 12.5 Å². The maximum Gasteiger partial charge on any atom is 0.574 e. The van der Waals surface area contributed by atoms with Gasteiger partial charge < -0.3 is 15.2 Å². The van der Waals surface area contributed by atoms with Crippen molar-refractivity contribution in [3.05, 3.63) is 17.3 Å². The van der Waals surface area contributed by atoms with E-state index in [0.29, 0.717) is 6.07 Å². The summed E-state index contributed by atoms with van der Waals surface area (Å²) >= 11 is 0. The van der Waals surface area contributed by atoms with Crippen LogP contribution in [0.15, 0.2) is 6.07 Å². The van der Waals surface area contributed by atoms with Crippen molar-refractivity contribution in [2.75, 3.05) is 7.11 Å². The number of hydrogen-bond donors (Lipinski definition) is 1. The topological polar surface area (TPSA) is 57.4 Å². The number of rotatable bonds is 3. The molecule has 19 heavy (non-hydrogen) atoms. The summed E-state index contributed by atoms with van der Waals surface area (Å²) in [7, 11) is 1.04. The third kappa shape index (κ3) is 3.88.